The number of rotatable bonds is 18. The Labute approximate surface area is 488 Å². The monoisotopic (exact) mass is 1150 g/mol. The number of aromatic nitrogens is 9. The minimum absolute atomic E-state index is 0.0783. The number of aliphatic hydroxyl groups is 4. The SMILES string of the molecule is CC(C)(O)c1ccc2nc(NC(=O)CC(O)(C3CC3)C3CC3)n(C3CCC3)c2n1.CC1(n2c(NC(=O)C[C@](C)(O)c3ccccc3)nc3ccc(Cl)nc32)CCC1.Cc1ccc2nc(NC(=O)CC(O)(C3CC3)C3CC3)n(C3CCC3)c2n1. The lowest BCUT2D eigenvalue weighted by Crippen LogP contribution is -2.39. The number of benzene rings is 1. The van der Waals surface area contributed by atoms with Crippen molar-refractivity contribution in [3.63, 3.8) is 0 Å². The summed E-state index contributed by atoms with van der Waals surface area (Å²) in [5.41, 5.74) is 2.51. The number of nitrogens with one attached hydrogen (secondary N) is 3. The molecule has 440 valence electrons. The average molecular weight is 1150 g/mol. The summed E-state index contributed by atoms with van der Waals surface area (Å²) < 4.78 is 6.09. The number of fused-ring (bicyclic) bond motifs is 3. The predicted molar refractivity (Wildman–Crippen MR) is 317 cm³/mol. The summed E-state index contributed by atoms with van der Waals surface area (Å²) in [7, 11) is 0. The van der Waals surface area contributed by atoms with Crippen LogP contribution in [0.5, 0.6) is 0 Å². The number of anilines is 3. The van der Waals surface area contributed by atoms with Gasteiger partial charge in [-0.05, 0) is 209 Å². The van der Waals surface area contributed by atoms with Crippen molar-refractivity contribution in [2.24, 2.45) is 23.7 Å². The second-order valence-electron chi connectivity index (χ2n) is 26.2. The molecule has 6 heterocycles. The smallest absolute Gasteiger partial charge is 0.229 e. The minimum Gasteiger partial charge on any atom is -0.389 e. The van der Waals surface area contributed by atoms with E-state index in [-0.39, 0.29) is 60.4 Å². The number of aryl methyl sites for hydroxylation is 1. The Morgan fingerprint density at radius 2 is 0.988 bits per heavy atom. The standard InChI is InChI=1S/C22H30N4O3.C21H23ClN4O2.C20H26N4O2/c1-21(2,28)17-11-10-16-19(24-17)26(15-4-3-5-15)20(23-16)25-18(27)12-22(29,13-6-7-13)14-8-9-14;1-20(11-6-12-20)26-18-15(9-10-16(22)24-18)23-19(26)25-17(27)13-21(2,28)14-7-4-3-5-8-14;1-12-5-10-16-18(21-12)24(15-3-2-4-15)19(22-16)23-17(25)11-20(26,13-6-7-13)14-8-9-14/h10-11,13-15,28-29H,3-9,12H2,1-2H3,(H,23,25,27);3-5,7-10,28H,6,11-13H2,1-2H3,(H,23,25,27);5,10,13-15,26H,2-4,6-9,11H2,1H3,(H,22,23,25)/t;21-;/m.0./s1. The van der Waals surface area contributed by atoms with Crippen LogP contribution in [0.3, 0.4) is 0 Å². The van der Waals surface area contributed by atoms with Crippen LogP contribution in [0.2, 0.25) is 5.15 Å². The molecule has 7 fully saturated rings. The fourth-order valence-electron chi connectivity index (χ4n) is 12.8. The Balaban J connectivity index is 0.000000123. The van der Waals surface area contributed by atoms with E-state index in [1.807, 2.05) is 64.6 Å². The lowest BCUT2D eigenvalue weighted by atomic mass is 9.78. The number of hydrogen-bond donors (Lipinski definition) is 7. The van der Waals surface area contributed by atoms with Gasteiger partial charge in [-0.1, -0.05) is 41.9 Å². The first kappa shape index (κ1) is 57.1. The van der Waals surface area contributed by atoms with Crippen LogP contribution < -0.4 is 16.0 Å². The van der Waals surface area contributed by atoms with Gasteiger partial charge in [0.2, 0.25) is 35.6 Å². The van der Waals surface area contributed by atoms with Crippen molar-refractivity contribution in [3.05, 3.63) is 88.8 Å². The second kappa shape index (κ2) is 21.9. The Morgan fingerprint density at radius 3 is 1.45 bits per heavy atom. The lowest BCUT2D eigenvalue weighted by Gasteiger charge is -2.40. The third-order valence-electron chi connectivity index (χ3n) is 18.8. The van der Waals surface area contributed by atoms with Crippen LogP contribution >= 0.6 is 11.6 Å². The van der Waals surface area contributed by atoms with E-state index < -0.39 is 22.4 Å². The van der Waals surface area contributed by atoms with Crippen LogP contribution in [0, 0.1) is 30.6 Å². The molecular weight excluding hydrogens is 1070 g/mol. The van der Waals surface area contributed by atoms with Gasteiger partial charge in [0.05, 0.1) is 41.8 Å². The van der Waals surface area contributed by atoms with Crippen LogP contribution in [0.25, 0.3) is 33.5 Å². The molecule has 0 aliphatic heterocycles. The maximum absolute atomic E-state index is 12.9. The predicted octanol–water partition coefficient (Wildman–Crippen LogP) is 10.8. The Morgan fingerprint density at radius 1 is 0.542 bits per heavy atom. The fraction of sp³-hybridized carbons (Fsp3) is 0.571. The molecule has 20 heteroatoms. The van der Waals surface area contributed by atoms with Crippen LogP contribution in [-0.2, 0) is 31.1 Å². The van der Waals surface area contributed by atoms with Crippen molar-refractivity contribution in [3.8, 4) is 0 Å². The quantitative estimate of drug-likeness (QED) is 0.0395. The number of hydrogen-bond acceptors (Lipinski definition) is 13. The van der Waals surface area contributed by atoms with Crippen LogP contribution in [0.1, 0.15) is 185 Å². The minimum atomic E-state index is -1.27. The molecule has 0 bridgehead atoms. The third-order valence-corrected chi connectivity index (χ3v) is 19.1. The second-order valence-corrected chi connectivity index (χ2v) is 26.6. The van der Waals surface area contributed by atoms with Gasteiger partial charge in [-0.15, -0.1) is 0 Å². The molecule has 0 unspecified atom stereocenters. The number of nitrogens with zero attached hydrogens (tertiary/aromatic N) is 9. The van der Waals surface area contributed by atoms with Gasteiger partial charge in [0.25, 0.3) is 0 Å². The molecule has 1 atom stereocenters. The topological polar surface area (TPSA) is 260 Å². The zero-order valence-electron chi connectivity index (χ0n) is 48.4. The maximum atomic E-state index is 12.9. The largest absolute Gasteiger partial charge is 0.389 e. The number of amides is 3. The number of halogens is 1. The first-order valence-electron chi connectivity index (χ1n) is 30.2. The van der Waals surface area contributed by atoms with E-state index in [1.165, 1.54) is 6.42 Å². The zero-order valence-corrected chi connectivity index (χ0v) is 49.1. The van der Waals surface area contributed by atoms with E-state index in [0.29, 0.717) is 74.5 Å². The summed E-state index contributed by atoms with van der Waals surface area (Å²) in [6.07, 6.45) is 18.2. The summed E-state index contributed by atoms with van der Waals surface area (Å²) in [5, 5.41) is 52.6. The average Bonchev–Trinajstić information content (AvgIpc) is 2.59. The van der Waals surface area contributed by atoms with E-state index in [0.717, 1.165) is 120 Å². The van der Waals surface area contributed by atoms with Crippen molar-refractivity contribution in [1.29, 1.82) is 0 Å². The molecule has 83 heavy (non-hydrogen) atoms. The molecule has 6 aromatic heterocycles. The van der Waals surface area contributed by atoms with Gasteiger partial charge in [-0.3, -0.25) is 44.0 Å². The van der Waals surface area contributed by atoms with Crippen LogP contribution in [-0.4, -0.2) is 93.0 Å². The number of carbonyl (C=O) groups is 3. The van der Waals surface area contributed by atoms with Crippen molar-refractivity contribution >= 4 is 80.7 Å². The Bertz CT molecular complexity index is 3550. The Kier molecular flexibility index (Phi) is 15.1. The maximum Gasteiger partial charge on any atom is 0.229 e. The molecule has 7 aliphatic rings. The van der Waals surface area contributed by atoms with Gasteiger partial charge < -0.3 is 20.4 Å². The highest BCUT2D eigenvalue weighted by Gasteiger charge is 2.55. The highest BCUT2D eigenvalue weighted by atomic mass is 35.5. The molecule has 7 aliphatic carbocycles. The first-order valence-corrected chi connectivity index (χ1v) is 30.6. The lowest BCUT2D eigenvalue weighted by molar-refractivity contribution is -0.124. The molecule has 14 rings (SSSR count). The molecule has 7 aromatic rings. The van der Waals surface area contributed by atoms with Gasteiger partial charge in [0, 0.05) is 23.3 Å². The van der Waals surface area contributed by atoms with Gasteiger partial charge >= 0.3 is 0 Å². The molecule has 0 saturated heterocycles. The summed E-state index contributed by atoms with van der Waals surface area (Å²) in [6.45, 7) is 9.17. The summed E-state index contributed by atoms with van der Waals surface area (Å²) in [6, 6.07) is 20.8. The Hall–Kier alpha value is -6.38. The molecule has 1 aromatic carbocycles. The third kappa shape index (κ3) is 11.9. The normalized spacial score (nSPS) is 19.8. The summed E-state index contributed by atoms with van der Waals surface area (Å²) >= 11 is 6.10. The molecule has 0 radical (unpaired) electrons. The van der Waals surface area contributed by atoms with Crippen molar-refractivity contribution in [1.82, 2.24) is 43.6 Å². The molecule has 7 N–H and O–H groups in total. The van der Waals surface area contributed by atoms with Gasteiger partial charge in [-0.25, -0.2) is 29.9 Å². The molecule has 3 amide bonds. The molecule has 19 nitrogen and oxygen atoms in total. The fourth-order valence-corrected chi connectivity index (χ4v) is 12.9. The van der Waals surface area contributed by atoms with Crippen molar-refractivity contribution in [2.45, 2.75) is 203 Å². The van der Waals surface area contributed by atoms with E-state index in [4.69, 9.17) is 11.6 Å². The van der Waals surface area contributed by atoms with Gasteiger partial charge in [0.15, 0.2) is 16.9 Å². The van der Waals surface area contributed by atoms with Crippen molar-refractivity contribution < 1.29 is 34.8 Å². The number of pyridine rings is 3. The van der Waals surface area contributed by atoms with Crippen LogP contribution in [0.4, 0.5) is 17.8 Å². The van der Waals surface area contributed by atoms with E-state index >= 15 is 0 Å². The van der Waals surface area contributed by atoms with E-state index in [2.05, 4.69) is 57.3 Å². The highest BCUT2D eigenvalue weighted by molar-refractivity contribution is 6.29. The van der Waals surface area contributed by atoms with E-state index in [9.17, 15) is 34.8 Å². The molecule has 0 spiro atoms. The van der Waals surface area contributed by atoms with Gasteiger partial charge in [-0.2, -0.15) is 0 Å². The van der Waals surface area contributed by atoms with E-state index in [1.54, 1.807) is 39.0 Å². The number of imidazole rings is 3. The van der Waals surface area contributed by atoms with Crippen LogP contribution in [0.15, 0.2) is 66.7 Å². The summed E-state index contributed by atoms with van der Waals surface area (Å²) in [4.78, 5) is 66.0. The molecule has 7 saturated carbocycles. The zero-order chi connectivity index (χ0) is 58.2. The highest BCUT2D eigenvalue weighted by Crippen LogP contribution is 2.55. The van der Waals surface area contributed by atoms with Gasteiger partial charge in [0.1, 0.15) is 27.3 Å². The molecular formula is C63H79ClN12O7. The summed E-state index contributed by atoms with van der Waals surface area (Å²) in [5.74, 6) is 2.06. The number of carbonyl (C=O) groups excluding carboxylic acids is 3. The van der Waals surface area contributed by atoms with Crippen molar-refractivity contribution in [2.75, 3.05) is 16.0 Å². The first-order chi connectivity index (χ1) is 39.6.